The average Bonchev–Trinajstić information content (AvgIpc) is 3.05. The van der Waals surface area contributed by atoms with Gasteiger partial charge in [-0.05, 0) is 66.8 Å². The van der Waals surface area contributed by atoms with Gasteiger partial charge in [0, 0.05) is 5.56 Å². The molecule has 5 heteroatoms. The maximum atomic E-state index is 9.70. The minimum Gasteiger partial charge on any atom is -0.489 e. The number of rotatable bonds is 4. The number of H-pyrrole nitrogens is 1. The molecule has 3 aromatic rings. The first-order valence-corrected chi connectivity index (χ1v) is 10.3. The van der Waals surface area contributed by atoms with E-state index in [0.29, 0.717) is 23.4 Å². The molecule has 1 aromatic heterocycles. The van der Waals surface area contributed by atoms with E-state index in [4.69, 9.17) is 10.5 Å². The van der Waals surface area contributed by atoms with Crippen LogP contribution in [0.2, 0.25) is 0 Å². The van der Waals surface area contributed by atoms with Gasteiger partial charge in [0.15, 0.2) is 5.69 Å². The summed E-state index contributed by atoms with van der Waals surface area (Å²) in [7, 11) is 0. The number of nitrogens with one attached hydrogen (secondary N) is 1. The maximum absolute atomic E-state index is 9.70. The number of nitrogens with zero attached hydrogens (tertiary/aromatic N) is 2. The zero-order valence-corrected chi connectivity index (χ0v) is 18.3. The molecule has 2 aromatic carbocycles. The van der Waals surface area contributed by atoms with E-state index in [9.17, 15) is 10.5 Å². The second-order valence-electron chi connectivity index (χ2n) is 7.91. The summed E-state index contributed by atoms with van der Waals surface area (Å²) in [4.78, 5) is 3.05. The van der Waals surface area contributed by atoms with E-state index in [1.54, 1.807) is 0 Å². The summed E-state index contributed by atoms with van der Waals surface area (Å²) >= 11 is 0. The molecule has 0 atom stereocenters. The number of hydrogen-bond donors (Lipinski definition) is 1. The predicted molar refractivity (Wildman–Crippen MR) is 125 cm³/mol. The molecule has 156 valence electrons. The number of aromatic amines is 1. The lowest BCUT2D eigenvalue weighted by molar-refractivity contribution is -0.364. The summed E-state index contributed by atoms with van der Waals surface area (Å²) in [6, 6.07) is 20.5. The third-order valence-corrected chi connectivity index (χ3v) is 5.77. The molecule has 0 amide bonds. The topological polar surface area (TPSA) is 97.0 Å². The van der Waals surface area contributed by atoms with Gasteiger partial charge < -0.3 is 4.74 Å². The highest BCUT2D eigenvalue weighted by atomic mass is 16.5. The van der Waals surface area contributed by atoms with Crippen molar-refractivity contribution in [2.75, 3.05) is 5.73 Å². The fraction of sp³-hybridized carbons (Fsp3) is 0.148. The number of nitrogen functional groups attached to an aromatic ring is 1. The highest BCUT2D eigenvalue weighted by Crippen LogP contribution is 2.42. The van der Waals surface area contributed by atoms with Gasteiger partial charge in [-0.3, -0.25) is 5.73 Å². The Hall–Kier alpha value is -4.35. The first-order valence-electron chi connectivity index (χ1n) is 10.3. The van der Waals surface area contributed by atoms with Crippen molar-refractivity contribution < 1.29 is 9.72 Å². The molecule has 32 heavy (non-hydrogen) atoms. The average molecular weight is 420 g/mol. The standard InChI is InChI=1S/C27H22N4O/c1-16-4-6-20(7-5-16)15-32-21-10-8-19(9-11-21)12-22-17(2)23(13-28)26-25(22)18(3)24(14-29)27(30)31-26/h4-12H,15H2,1-3H3,(H2,30,31)/p+1. The Balaban J connectivity index is 1.64. The van der Waals surface area contributed by atoms with E-state index in [2.05, 4.69) is 48.3 Å². The van der Waals surface area contributed by atoms with Crippen LogP contribution in [0.5, 0.6) is 5.75 Å². The van der Waals surface area contributed by atoms with Gasteiger partial charge in [-0.15, -0.1) is 0 Å². The Kier molecular flexibility index (Phi) is 5.50. The van der Waals surface area contributed by atoms with E-state index in [1.807, 2.05) is 44.2 Å². The second kappa shape index (κ2) is 8.41. The van der Waals surface area contributed by atoms with E-state index in [0.717, 1.165) is 39.1 Å². The second-order valence-corrected chi connectivity index (χ2v) is 7.91. The Morgan fingerprint density at radius 3 is 2.28 bits per heavy atom. The molecule has 0 radical (unpaired) electrons. The maximum Gasteiger partial charge on any atom is 0.289 e. The summed E-state index contributed by atoms with van der Waals surface area (Å²) in [6.45, 7) is 6.35. The number of pyridine rings is 1. The predicted octanol–water partition coefficient (Wildman–Crippen LogP) is 5.00. The zero-order valence-electron chi connectivity index (χ0n) is 18.3. The van der Waals surface area contributed by atoms with Gasteiger partial charge in [-0.25, -0.2) is 4.98 Å². The molecule has 0 spiro atoms. The first kappa shape index (κ1) is 20.9. The van der Waals surface area contributed by atoms with Gasteiger partial charge in [-0.1, -0.05) is 42.0 Å². The summed E-state index contributed by atoms with van der Waals surface area (Å²) in [6.07, 6.45) is 2.03. The lowest BCUT2D eigenvalue weighted by Gasteiger charge is -2.09. The molecule has 0 fully saturated rings. The molecule has 3 N–H and O–H groups in total. The molecule has 0 unspecified atom stereocenters. The smallest absolute Gasteiger partial charge is 0.289 e. The molecule has 1 aliphatic rings. The van der Waals surface area contributed by atoms with Crippen LogP contribution in [0.4, 0.5) is 5.82 Å². The SMILES string of the molecule is CC1=C(C#N)c2[nH+]c(N)c(C#N)c(C)c2C1=Cc1ccc(OCc2ccc(C)cc2)cc1. The van der Waals surface area contributed by atoms with Crippen molar-refractivity contribution in [3.8, 4) is 17.9 Å². The molecular formula is C27H23N4O+. The largest absolute Gasteiger partial charge is 0.489 e. The third kappa shape index (κ3) is 3.73. The summed E-state index contributed by atoms with van der Waals surface area (Å²) in [5.41, 5.74) is 14.3. The Bertz CT molecular complexity index is 1350. The number of aromatic nitrogens is 1. The molecular weight excluding hydrogens is 396 g/mol. The van der Waals surface area contributed by atoms with Crippen LogP contribution in [-0.2, 0) is 6.61 Å². The van der Waals surface area contributed by atoms with Crippen LogP contribution in [0, 0.1) is 36.5 Å². The fourth-order valence-electron chi connectivity index (χ4n) is 3.95. The van der Waals surface area contributed by atoms with Gasteiger partial charge in [0.25, 0.3) is 5.82 Å². The highest BCUT2D eigenvalue weighted by molar-refractivity contribution is 6.07. The molecule has 1 aliphatic carbocycles. The van der Waals surface area contributed by atoms with Crippen LogP contribution < -0.4 is 15.5 Å². The molecule has 0 saturated carbocycles. The van der Waals surface area contributed by atoms with E-state index < -0.39 is 0 Å². The van der Waals surface area contributed by atoms with Gasteiger partial charge in [0.05, 0.1) is 0 Å². The fourth-order valence-corrected chi connectivity index (χ4v) is 3.95. The van der Waals surface area contributed by atoms with Crippen molar-refractivity contribution in [2.24, 2.45) is 0 Å². The minimum atomic E-state index is 0.278. The minimum absolute atomic E-state index is 0.278. The molecule has 4 rings (SSSR count). The monoisotopic (exact) mass is 419 g/mol. The number of fused-ring (bicyclic) bond motifs is 1. The van der Waals surface area contributed by atoms with Crippen LogP contribution >= 0.6 is 0 Å². The molecule has 0 bridgehead atoms. The lowest BCUT2D eigenvalue weighted by Crippen LogP contribution is -2.20. The number of benzene rings is 2. The molecule has 1 heterocycles. The summed E-state index contributed by atoms with van der Waals surface area (Å²) < 4.78 is 5.90. The zero-order chi connectivity index (χ0) is 22.8. The normalized spacial score (nSPS) is 13.6. The Labute approximate surface area is 187 Å². The van der Waals surface area contributed by atoms with Crippen molar-refractivity contribution in [1.29, 1.82) is 10.5 Å². The van der Waals surface area contributed by atoms with E-state index in [-0.39, 0.29) is 5.82 Å². The van der Waals surface area contributed by atoms with Crippen LogP contribution in [0.25, 0.3) is 17.2 Å². The Morgan fingerprint density at radius 2 is 1.66 bits per heavy atom. The van der Waals surface area contributed by atoms with Gasteiger partial charge in [-0.2, -0.15) is 10.5 Å². The quantitative estimate of drug-likeness (QED) is 0.643. The van der Waals surface area contributed by atoms with Gasteiger partial charge >= 0.3 is 0 Å². The van der Waals surface area contributed by atoms with Gasteiger partial charge in [0.1, 0.15) is 35.6 Å². The third-order valence-electron chi connectivity index (χ3n) is 5.77. The number of aryl methyl sites for hydroxylation is 1. The summed E-state index contributed by atoms with van der Waals surface area (Å²) in [5.74, 6) is 1.06. The van der Waals surface area contributed by atoms with Crippen molar-refractivity contribution in [3.05, 3.63) is 93.2 Å². The van der Waals surface area contributed by atoms with Crippen LogP contribution in [0.1, 0.15) is 46.0 Å². The van der Waals surface area contributed by atoms with Crippen molar-refractivity contribution in [3.63, 3.8) is 0 Å². The molecule has 0 aliphatic heterocycles. The lowest BCUT2D eigenvalue weighted by atomic mass is 9.95. The van der Waals surface area contributed by atoms with E-state index >= 15 is 0 Å². The number of hydrogen-bond acceptors (Lipinski definition) is 4. The van der Waals surface area contributed by atoms with Crippen molar-refractivity contribution in [1.82, 2.24) is 0 Å². The highest BCUT2D eigenvalue weighted by Gasteiger charge is 2.32. The number of allylic oxidation sites excluding steroid dienone is 3. The van der Waals surface area contributed by atoms with Crippen LogP contribution in [0.15, 0.2) is 54.1 Å². The number of ether oxygens (including phenoxy) is 1. The van der Waals surface area contributed by atoms with Gasteiger partial charge in [0.2, 0.25) is 0 Å². The number of nitrogens with two attached hydrogens (primary N) is 1. The van der Waals surface area contributed by atoms with Crippen LogP contribution in [-0.4, -0.2) is 0 Å². The Morgan fingerprint density at radius 1 is 0.969 bits per heavy atom. The van der Waals surface area contributed by atoms with Crippen molar-refractivity contribution in [2.45, 2.75) is 27.4 Å². The summed E-state index contributed by atoms with van der Waals surface area (Å²) in [5, 5.41) is 19.2. The first-order chi connectivity index (χ1) is 15.4. The molecule has 5 nitrogen and oxygen atoms in total. The van der Waals surface area contributed by atoms with E-state index in [1.165, 1.54) is 5.56 Å². The molecule has 0 saturated heterocycles. The number of anilines is 1. The van der Waals surface area contributed by atoms with Crippen LogP contribution in [0.3, 0.4) is 0 Å². The van der Waals surface area contributed by atoms with Crippen molar-refractivity contribution >= 4 is 23.0 Å². The number of nitriles is 2.